The molecule has 7 nitrogen and oxygen atoms in total. The molecule has 0 N–H and O–H groups in total. The van der Waals surface area contributed by atoms with Gasteiger partial charge in [0.05, 0.1) is 33.0 Å². The topological polar surface area (TPSA) is 72.5 Å². The minimum Gasteiger partial charge on any atom is -0.496 e. The van der Waals surface area contributed by atoms with Crippen molar-refractivity contribution in [2.45, 2.75) is 124 Å². The summed E-state index contributed by atoms with van der Waals surface area (Å²) in [5, 5.41) is 0. The lowest BCUT2D eigenvalue weighted by Gasteiger charge is -2.47. The van der Waals surface area contributed by atoms with E-state index < -0.39 is 21.7 Å². The molecule has 0 amide bonds. The molecule has 0 aromatic heterocycles. The summed E-state index contributed by atoms with van der Waals surface area (Å²) in [6.45, 7) is 17.5. The Balaban J connectivity index is 2.69. The third-order valence-corrected chi connectivity index (χ3v) is 15.0. The fourth-order valence-corrected chi connectivity index (χ4v) is 10.7. The molecular formula is C32H57O7PSi. The van der Waals surface area contributed by atoms with Gasteiger partial charge in [0.15, 0.2) is 8.32 Å². The Morgan fingerprint density at radius 2 is 1.46 bits per heavy atom. The first-order chi connectivity index (χ1) is 19.5. The van der Waals surface area contributed by atoms with Crippen LogP contribution in [0.2, 0.25) is 18.1 Å². The zero-order valence-electron chi connectivity index (χ0n) is 27.5. The molecule has 1 aliphatic carbocycles. The standard InChI is InChI=1S/C32H57O7PSi/c1-11-17-18-19-25-22-29(34-9)31(30(23-25)35-10)27-24-26(38-40(33,36-12-2)37-13-3)20-21-28(27)32(7,8)39-41(14-4,15-5)16-6/h22-24,27-28H,11-21H2,1-10H3/t27-,28-/m1/s1. The van der Waals surface area contributed by atoms with E-state index in [1.807, 2.05) is 0 Å². The summed E-state index contributed by atoms with van der Waals surface area (Å²) in [6, 6.07) is 7.54. The number of benzene rings is 1. The molecule has 0 fully saturated rings. The third-order valence-electron chi connectivity index (χ3n) is 8.62. The van der Waals surface area contributed by atoms with Crippen molar-refractivity contribution in [2.75, 3.05) is 27.4 Å². The fourth-order valence-electron chi connectivity index (χ4n) is 6.21. The van der Waals surface area contributed by atoms with Crippen molar-refractivity contribution < 1.29 is 32.0 Å². The van der Waals surface area contributed by atoms with Crippen LogP contribution in [0.3, 0.4) is 0 Å². The van der Waals surface area contributed by atoms with Crippen LogP contribution in [-0.2, 0) is 29.0 Å². The van der Waals surface area contributed by atoms with Crippen LogP contribution in [0.1, 0.15) is 105 Å². The van der Waals surface area contributed by atoms with Crippen LogP contribution in [0.4, 0.5) is 0 Å². The Morgan fingerprint density at radius 3 is 1.93 bits per heavy atom. The predicted octanol–water partition coefficient (Wildman–Crippen LogP) is 9.81. The van der Waals surface area contributed by atoms with Crippen molar-refractivity contribution in [1.82, 2.24) is 0 Å². The number of methoxy groups -OCH3 is 2. The zero-order valence-corrected chi connectivity index (χ0v) is 29.4. The number of aryl methyl sites for hydroxylation is 1. The van der Waals surface area contributed by atoms with Gasteiger partial charge in [-0.25, -0.2) is 4.57 Å². The quantitative estimate of drug-likeness (QED) is 0.0874. The zero-order chi connectivity index (χ0) is 30.7. The van der Waals surface area contributed by atoms with Gasteiger partial charge in [0.2, 0.25) is 0 Å². The van der Waals surface area contributed by atoms with E-state index in [9.17, 15) is 4.57 Å². The highest BCUT2D eigenvalue weighted by atomic mass is 31.2. The van der Waals surface area contributed by atoms with Crippen LogP contribution < -0.4 is 9.47 Å². The van der Waals surface area contributed by atoms with Crippen molar-refractivity contribution in [3.05, 3.63) is 35.1 Å². The van der Waals surface area contributed by atoms with Gasteiger partial charge < -0.3 is 18.4 Å². The van der Waals surface area contributed by atoms with Gasteiger partial charge >= 0.3 is 7.82 Å². The van der Waals surface area contributed by atoms with E-state index >= 15 is 0 Å². The van der Waals surface area contributed by atoms with Gasteiger partial charge in [-0.3, -0.25) is 9.05 Å². The second-order valence-corrected chi connectivity index (χ2v) is 17.8. The molecule has 2 atom stereocenters. The van der Waals surface area contributed by atoms with Crippen molar-refractivity contribution in [1.29, 1.82) is 0 Å². The van der Waals surface area contributed by atoms with E-state index in [-0.39, 0.29) is 25.0 Å². The van der Waals surface area contributed by atoms with Gasteiger partial charge in [-0.2, -0.15) is 0 Å². The van der Waals surface area contributed by atoms with E-state index in [0.29, 0.717) is 12.2 Å². The average Bonchev–Trinajstić information content (AvgIpc) is 2.95. The van der Waals surface area contributed by atoms with Crippen molar-refractivity contribution >= 4 is 16.1 Å². The molecule has 1 aromatic rings. The van der Waals surface area contributed by atoms with E-state index in [0.717, 1.165) is 54.5 Å². The minimum atomic E-state index is -3.73. The van der Waals surface area contributed by atoms with Gasteiger partial charge in [0, 0.05) is 17.9 Å². The molecule has 41 heavy (non-hydrogen) atoms. The molecule has 0 aliphatic heterocycles. The molecule has 0 saturated carbocycles. The normalized spacial score (nSPS) is 18.2. The highest BCUT2D eigenvalue weighted by molar-refractivity contribution is 7.48. The lowest BCUT2D eigenvalue weighted by atomic mass is 9.70. The van der Waals surface area contributed by atoms with Crippen molar-refractivity contribution in [2.24, 2.45) is 5.92 Å². The maximum atomic E-state index is 13.3. The largest absolute Gasteiger partial charge is 0.529 e. The number of rotatable bonds is 19. The summed E-state index contributed by atoms with van der Waals surface area (Å²) in [6.07, 6.45) is 7.92. The Labute approximate surface area is 251 Å². The van der Waals surface area contributed by atoms with E-state index in [2.05, 4.69) is 59.8 Å². The monoisotopic (exact) mass is 612 g/mol. The van der Waals surface area contributed by atoms with Crippen LogP contribution in [-0.4, -0.2) is 41.4 Å². The number of hydrogen-bond donors (Lipinski definition) is 0. The van der Waals surface area contributed by atoms with Gasteiger partial charge in [-0.15, -0.1) is 0 Å². The van der Waals surface area contributed by atoms with Crippen LogP contribution in [0.5, 0.6) is 11.5 Å². The molecule has 2 rings (SSSR count). The van der Waals surface area contributed by atoms with Crippen molar-refractivity contribution in [3.8, 4) is 11.5 Å². The molecule has 0 spiro atoms. The summed E-state index contributed by atoms with van der Waals surface area (Å²) in [4.78, 5) is 0. The van der Waals surface area contributed by atoms with Gasteiger partial charge in [-0.1, -0.05) is 40.5 Å². The predicted molar refractivity (Wildman–Crippen MR) is 171 cm³/mol. The Hall–Kier alpha value is -1.31. The molecule has 1 aromatic carbocycles. The molecule has 0 radical (unpaired) electrons. The van der Waals surface area contributed by atoms with Crippen molar-refractivity contribution in [3.63, 3.8) is 0 Å². The van der Waals surface area contributed by atoms with E-state index in [1.165, 1.54) is 18.4 Å². The highest BCUT2D eigenvalue weighted by Gasteiger charge is 2.46. The van der Waals surface area contributed by atoms with Gasteiger partial charge in [0.25, 0.3) is 0 Å². The number of ether oxygens (including phenoxy) is 2. The molecule has 0 bridgehead atoms. The van der Waals surface area contributed by atoms with Gasteiger partial charge in [0.1, 0.15) is 17.3 Å². The lowest BCUT2D eigenvalue weighted by molar-refractivity contribution is 0.0152. The number of unbranched alkanes of at least 4 members (excludes halogenated alkanes) is 2. The number of phosphoric ester groups is 1. The number of allylic oxidation sites excluding steroid dienone is 2. The Morgan fingerprint density at radius 1 is 0.902 bits per heavy atom. The van der Waals surface area contributed by atoms with Crippen LogP contribution in [0.25, 0.3) is 0 Å². The molecule has 236 valence electrons. The molecule has 0 heterocycles. The van der Waals surface area contributed by atoms with E-state index in [1.54, 1.807) is 28.1 Å². The molecule has 0 saturated heterocycles. The maximum absolute atomic E-state index is 13.3. The number of hydrogen-bond acceptors (Lipinski definition) is 7. The second kappa shape index (κ2) is 16.5. The first kappa shape index (κ1) is 35.9. The SMILES string of the molecule is CCCCCc1cc(OC)c([C@@H]2C=C(OP(=O)(OCC)OCC)CC[C@H]2C(C)(C)O[Si](CC)(CC)CC)c(OC)c1. The first-order valence-corrected chi connectivity index (χ1v) is 19.7. The van der Waals surface area contributed by atoms with Crippen LogP contribution in [0.15, 0.2) is 24.0 Å². The summed E-state index contributed by atoms with van der Waals surface area (Å²) < 4.78 is 49.6. The lowest BCUT2D eigenvalue weighted by Crippen LogP contribution is -2.49. The van der Waals surface area contributed by atoms with Gasteiger partial charge in [-0.05, 0) is 94.8 Å². The smallest absolute Gasteiger partial charge is 0.496 e. The molecule has 0 unspecified atom stereocenters. The Bertz CT molecular complexity index is 978. The van der Waals surface area contributed by atoms with E-state index in [4.69, 9.17) is 27.5 Å². The summed E-state index contributed by atoms with van der Waals surface area (Å²) in [5.74, 6) is 2.15. The third kappa shape index (κ3) is 9.33. The summed E-state index contributed by atoms with van der Waals surface area (Å²) in [5.41, 5.74) is 1.75. The van der Waals surface area contributed by atoms with Crippen LogP contribution in [0, 0.1) is 5.92 Å². The maximum Gasteiger partial charge on any atom is 0.529 e. The summed E-state index contributed by atoms with van der Waals surface area (Å²) in [7, 11) is -2.21. The molecule has 1 aliphatic rings. The first-order valence-electron chi connectivity index (χ1n) is 15.8. The summed E-state index contributed by atoms with van der Waals surface area (Å²) >= 11 is 0. The second-order valence-electron chi connectivity index (χ2n) is 11.5. The Kier molecular flexibility index (Phi) is 14.5. The molecular weight excluding hydrogens is 555 g/mol. The van der Waals surface area contributed by atoms with Crippen LogP contribution >= 0.6 is 7.82 Å². The fraction of sp³-hybridized carbons (Fsp3) is 0.750. The minimum absolute atomic E-state index is 0.110. The average molecular weight is 613 g/mol. The molecule has 9 heteroatoms. The number of phosphoric acid groups is 1. The highest BCUT2D eigenvalue weighted by Crippen LogP contribution is 2.56.